The molecule has 2 heterocycles. The van der Waals surface area contributed by atoms with E-state index in [2.05, 4.69) is 20.6 Å². The number of hydrogen-bond donors (Lipinski definition) is 1. The van der Waals surface area contributed by atoms with E-state index in [1.807, 2.05) is 61.5 Å². The first-order valence-corrected chi connectivity index (χ1v) is 9.09. The zero-order chi connectivity index (χ0) is 17.9. The van der Waals surface area contributed by atoms with Crippen LogP contribution in [0.4, 0.5) is 0 Å². The number of carbonyl (C=O) groups is 1. The van der Waals surface area contributed by atoms with Crippen molar-refractivity contribution in [1.29, 1.82) is 0 Å². The second kappa shape index (κ2) is 7.05. The fourth-order valence-electron chi connectivity index (χ4n) is 2.64. The van der Waals surface area contributed by atoms with Gasteiger partial charge in [0.1, 0.15) is 5.01 Å². The lowest BCUT2D eigenvalue weighted by Gasteiger charge is -2.06. The normalized spacial score (nSPS) is 11.0. The number of hydrogen-bond acceptors (Lipinski definition) is 5. The summed E-state index contributed by atoms with van der Waals surface area (Å²) in [5.41, 5.74) is 3.09. The van der Waals surface area contributed by atoms with E-state index < -0.39 is 0 Å². The van der Waals surface area contributed by atoms with Crippen LogP contribution in [0, 0.1) is 6.92 Å². The van der Waals surface area contributed by atoms with Gasteiger partial charge in [0.2, 0.25) is 10.9 Å². The van der Waals surface area contributed by atoms with Gasteiger partial charge in [0.25, 0.3) is 0 Å². The van der Waals surface area contributed by atoms with Crippen molar-refractivity contribution in [1.82, 2.24) is 25.1 Å². The third-order valence-corrected chi connectivity index (χ3v) is 4.99. The van der Waals surface area contributed by atoms with Gasteiger partial charge in [-0.2, -0.15) is 9.61 Å². The molecule has 7 heteroatoms. The molecule has 130 valence electrons. The summed E-state index contributed by atoms with van der Waals surface area (Å²) in [6.45, 7) is 2.39. The van der Waals surface area contributed by atoms with Gasteiger partial charge in [0.15, 0.2) is 5.82 Å². The number of benzene rings is 2. The Labute approximate surface area is 154 Å². The quantitative estimate of drug-likeness (QED) is 0.592. The lowest BCUT2D eigenvalue weighted by Crippen LogP contribution is -2.24. The number of aromatic nitrogens is 4. The zero-order valence-corrected chi connectivity index (χ0v) is 15.0. The summed E-state index contributed by atoms with van der Waals surface area (Å²) >= 11 is 1.51. The van der Waals surface area contributed by atoms with E-state index in [9.17, 15) is 4.79 Å². The number of rotatable bonds is 5. The van der Waals surface area contributed by atoms with E-state index in [0.717, 1.165) is 32.5 Å². The maximum atomic E-state index is 12.0. The molecule has 0 aliphatic carbocycles. The molecule has 26 heavy (non-hydrogen) atoms. The Bertz CT molecular complexity index is 1040. The van der Waals surface area contributed by atoms with Crippen molar-refractivity contribution in [2.75, 3.05) is 0 Å². The third-order valence-electron chi connectivity index (χ3n) is 4.04. The number of carbonyl (C=O) groups excluding carboxylic acids is 1. The van der Waals surface area contributed by atoms with Gasteiger partial charge >= 0.3 is 0 Å². The molecule has 0 aliphatic heterocycles. The van der Waals surface area contributed by atoms with Crippen LogP contribution in [0.2, 0.25) is 0 Å². The van der Waals surface area contributed by atoms with Crippen molar-refractivity contribution in [3.63, 3.8) is 0 Å². The molecule has 0 bridgehead atoms. The molecule has 0 fully saturated rings. The SMILES string of the molecule is Cc1nnc2sc(-c3ccc(CNC(=O)Cc4ccccc4)cc3)nn12. The van der Waals surface area contributed by atoms with Crippen molar-refractivity contribution in [3.05, 3.63) is 71.5 Å². The van der Waals surface area contributed by atoms with E-state index in [-0.39, 0.29) is 5.91 Å². The molecule has 6 nitrogen and oxygen atoms in total. The Morgan fingerprint density at radius 3 is 2.54 bits per heavy atom. The van der Waals surface area contributed by atoms with Crippen molar-refractivity contribution in [2.45, 2.75) is 19.9 Å². The molecular formula is C19H17N5OS. The standard InChI is InChI=1S/C19H17N5OS/c1-13-21-22-19-24(13)23-18(26-19)16-9-7-15(8-10-16)12-20-17(25)11-14-5-3-2-4-6-14/h2-10H,11-12H2,1H3,(H,20,25). The fourth-order valence-corrected chi connectivity index (χ4v) is 3.53. The van der Waals surface area contributed by atoms with Gasteiger partial charge in [-0.15, -0.1) is 10.2 Å². The molecule has 0 atom stereocenters. The van der Waals surface area contributed by atoms with Crippen molar-refractivity contribution in [3.8, 4) is 10.6 Å². The van der Waals surface area contributed by atoms with E-state index in [1.165, 1.54) is 11.3 Å². The minimum Gasteiger partial charge on any atom is -0.352 e. The number of nitrogens with one attached hydrogen (secondary N) is 1. The lowest BCUT2D eigenvalue weighted by molar-refractivity contribution is -0.120. The van der Waals surface area contributed by atoms with Crippen LogP contribution in [0.25, 0.3) is 15.5 Å². The average Bonchev–Trinajstić information content (AvgIpc) is 3.24. The highest BCUT2D eigenvalue weighted by Crippen LogP contribution is 2.25. The molecule has 0 radical (unpaired) electrons. The number of aryl methyl sites for hydroxylation is 1. The summed E-state index contributed by atoms with van der Waals surface area (Å²) in [5.74, 6) is 0.796. The number of nitrogens with zero attached hydrogens (tertiary/aromatic N) is 4. The van der Waals surface area contributed by atoms with E-state index in [0.29, 0.717) is 13.0 Å². The van der Waals surface area contributed by atoms with Crippen LogP contribution in [0.3, 0.4) is 0 Å². The first-order valence-electron chi connectivity index (χ1n) is 8.28. The van der Waals surface area contributed by atoms with E-state index in [4.69, 9.17) is 0 Å². The Hall–Kier alpha value is -3.06. The summed E-state index contributed by atoms with van der Waals surface area (Å²) < 4.78 is 1.75. The maximum absolute atomic E-state index is 12.0. The number of amides is 1. The highest BCUT2D eigenvalue weighted by atomic mass is 32.1. The monoisotopic (exact) mass is 363 g/mol. The molecule has 4 aromatic rings. The summed E-state index contributed by atoms with van der Waals surface area (Å²) in [6, 6.07) is 17.8. The summed E-state index contributed by atoms with van der Waals surface area (Å²) in [6.07, 6.45) is 0.394. The Morgan fingerprint density at radius 2 is 1.81 bits per heavy atom. The van der Waals surface area contributed by atoms with Crippen LogP contribution in [0.5, 0.6) is 0 Å². The largest absolute Gasteiger partial charge is 0.352 e. The molecule has 1 amide bonds. The molecule has 0 saturated heterocycles. The molecule has 0 unspecified atom stereocenters. The molecule has 2 aromatic heterocycles. The summed E-state index contributed by atoms with van der Waals surface area (Å²) in [5, 5.41) is 16.5. The minimum atomic E-state index is 0.0180. The molecule has 0 spiro atoms. The van der Waals surface area contributed by atoms with Crippen molar-refractivity contribution >= 4 is 22.2 Å². The van der Waals surface area contributed by atoms with Gasteiger partial charge in [-0.25, -0.2) is 0 Å². The predicted molar refractivity (Wildman–Crippen MR) is 101 cm³/mol. The first-order chi connectivity index (χ1) is 12.7. The molecular weight excluding hydrogens is 346 g/mol. The highest BCUT2D eigenvalue weighted by Gasteiger charge is 2.10. The second-order valence-electron chi connectivity index (χ2n) is 5.98. The van der Waals surface area contributed by atoms with Gasteiger partial charge in [-0.3, -0.25) is 4.79 Å². The van der Waals surface area contributed by atoms with Crippen LogP contribution >= 0.6 is 11.3 Å². The highest BCUT2D eigenvalue weighted by molar-refractivity contribution is 7.19. The Kier molecular flexibility index (Phi) is 4.45. The Balaban J connectivity index is 1.39. The smallest absolute Gasteiger partial charge is 0.234 e. The summed E-state index contributed by atoms with van der Waals surface area (Å²) in [7, 11) is 0. The van der Waals surface area contributed by atoms with Crippen LogP contribution in [-0.4, -0.2) is 25.7 Å². The van der Waals surface area contributed by atoms with Gasteiger partial charge < -0.3 is 5.32 Å². The van der Waals surface area contributed by atoms with Crippen LogP contribution in [-0.2, 0) is 17.8 Å². The van der Waals surface area contributed by atoms with Gasteiger partial charge in [-0.05, 0) is 18.1 Å². The third kappa shape index (κ3) is 3.48. The Morgan fingerprint density at radius 1 is 1.04 bits per heavy atom. The van der Waals surface area contributed by atoms with E-state index >= 15 is 0 Å². The first kappa shape index (κ1) is 16.4. The molecule has 4 rings (SSSR count). The molecule has 1 N–H and O–H groups in total. The van der Waals surface area contributed by atoms with E-state index in [1.54, 1.807) is 4.52 Å². The average molecular weight is 363 g/mol. The lowest BCUT2D eigenvalue weighted by atomic mass is 10.1. The second-order valence-corrected chi connectivity index (χ2v) is 6.94. The molecule has 2 aromatic carbocycles. The fraction of sp³-hybridized carbons (Fsp3) is 0.158. The summed E-state index contributed by atoms with van der Waals surface area (Å²) in [4.78, 5) is 12.8. The van der Waals surface area contributed by atoms with Crippen molar-refractivity contribution < 1.29 is 4.79 Å². The van der Waals surface area contributed by atoms with Crippen molar-refractivity contribution in [2.24, 2.45) is 0 Å². The molecule has 0 saturated carbocycles. The molecule has 0 aliphatic rings. The maximum Gasteiger partial charge on any atom is 0.234 e. The van der Waals surface area contributed by atoms with Crippen LogP contribution in [0.15, 0.2) is 54.6 Å². The zero-order valence-electron chi connectivity index (χ0n) is 14.2. The minimum absolute atomic E-state index is 0.0180. The topological polar surface area (TPSA) is 72.2 Å². The van der Waals surface area contributed by atoms with Crippen LogP contribution in [0.1, 0.15) is 17.0 Å². The predicted octanol–water partition coefficient (Wildman–Crippen LogP) is 3.02. The van der Waals surface area contributed by atoms with Crippen LogP contribution < -0.4 is 5.32 Å². The number of fused-ring (bicyclic) bond motifs is 1. The van der Waals surface area contributed by atoms with Gasteiger partial charge in [-0.1, -0.05) is 65.9 Å². The van der Waals surface area contributed by atoms with Gasteiger partial charge in [0, 0.05) is 12.1 Å². The van der Waals surface area contributed by atoms with Gasteiger partial charge in [0.05, 0.1) is 6.42 Å².